The second kappa shape index (κ2) is 8.62. The SMILES string of the molecule is Cc1ccc(C2OCCCC2CNS(=O)(=O)CC2CCCCO2)cc1. The van der Waals surface area contributed by atoms with Gasteiger partial charge in [0.2, 0.25) is 10.0 Å². The van der Waals surface area contributed by atoms with Gasteiger partial charge in [-0.3, -0.25) is 0 Å². The standard InChI is InChI=1S/C19H29NO4S/c1-15-7-9-16(10-8-15)19-17(5-4-12-24-19)13-20-25(21,22)14-18-6-2-3-11-23-18/h7-10,17-20H,2-6,11-14H2,1H3. The third-order valence-electron chi connectivity index (χ3n) is 5.10. The highest BCUT2D eigenvalue weighted by molar-refractivity contribution is 7.89. The molecule has 2 aliphatic rings. The summed E-state index contributed by atoms with van der Waals surface area (Å²) >= 11 is 0. The molecule has 3 unspecified atom stereocenters. The van der Waals surface area contributed by atoms with Crippen molar-refractivity contribution in [1.82, 2.24) is 4.72 Å². The number of ether oxygens (including phenoxy) is 2. The fourth-order valence-electron chi connectivity index (χ4n) is 3.65. The van der Waals surface area contributed by atoms with E-state index in [4.69, 9.17) is 9.47 Å². The van der Waals surface area contributed by atoms with Gasteiger partial charge < -0.3 is 9.47 Å². The molecule has 1 aromatic carbocycles. The summed E-state index contributed by atoms with van der Waals surface area (Å²) in [6, 6.07) is 8.33. The van der Waals surface area contributed by atoms with E-state index >= 15 is 0 Å². The Balaban J connectivity index is 1.58. The van der Waals surface area contributed by atoms with Gasteiger partial charge in [-0.2, -0.15) is 0 Å². The molecule has 140 valence electrons. The second-order valence-electron chi connectivity index (χ2n) is 7.22. The Morgan fingerprint density at radius 3 is 2.52 bits per heavy atom. The number of hydrogen-bond acceptors (Lipinski definition) is 4. The number of nitrogens with one attached hydrogen (secondary N) is 1. The zero-order valence-corrected chi connectivity index (χ0v) is 15.8. The van der Waals surface area contributed by atoms with Crippen molar-refractivity contribution in [3.05, 3.63) is 35.4 Å². The maximum absolute atomic E-state index is 12.4. The van der Waals surface area contributed by atoms with Gasteiger partial charge in [0.15, 0.2) is 0 Å². The maximum Gasteiger partial charge on any atom is 0.214 e. The van der Waals surface area contributed by atoms with Crippen LogP contribution in [0.3, 0.4) is 0 Å². The van der Waals surface area contributed by atoms with Crippen LogP contribution in [0.4, 0.5) is 0 Å². The lowest BCUT2D eigenvalue weighted by Crippen LogP contribution is -2.39. The fraction of sp³-hybridized carbons (Fsp3) is 0.684. The first-order chi connectivity index (χ1) is 12.0. The largest absolute Gasteiger partial charge is 0.377 e. The Kier molecular flexibility index (Phi) is 6.49. The van der Waals surface area contributed by atoms with E-state index in [2.05, 4.69) is 35.9 Å². The van der Waals surface area contributed by atoms with E-state index in [1.807, 2.05) is 0 Å². The van der Waals surface area contributed by atoms with E-state index in [0.717, 1.165) is 44.3 Å². The van der Waals surface area contributed by atoms with Gasteiger partial charge in [-0.1, -0.05) is 29.8 Å². The predicted octanol–water partition coefficient (Wildman–Crippen LogP) is 2.95. The number of hydrogen-bond donors (Lipinski definition) is 1. The van der Waals surface area contributed by atoms with Gasteiger partial charge >= 0.3 is 0 Å². The number of aryl methyl sites for hydroxylation is 1. The van der Waals surface area contributed by atoms with Crippen LogP contribution in [0.15, 0.2) is 24.3 Å². The minimum atomic E-state index is -3.32. The molecule has 6 heteroatoms. The highest BCUT2D eigenvalue weighted by atomic mass is 32.2. The minimum Gasteiger partial charge on any atom is -0.377 e. The van der Waals surface area contributed by atoms with Gasteiger partial charge in [0, 0.05) is 25.7 Å². The minimum absolute atomic E-state index is 0.0389. The first-order valence-corrected chi connectivity index (χ1v) is 11.0. The van der Waals surface area contributed by atoms with Crippen LogP contribution < -0.4 is 4.72 Å². The van der Waals surface area contributed by atoms with Crippen molar-refractivity contribution in [3.63, 3.8) is 0 Å². The molecule has 0 spiro atoms. The van der Waals surface area contributed by atoms with Crippen LogP contribution in [0, 0.1) is 12.8 Å². The summed E-state index contributed by atoms with van der Waals surface area (Å²) in [4.78, 5) is 0. The van der Waals surface area contributed by atoms with E-state index in [9.17, 15) is 8.42 Å². The molecule has 2 saturated heterocycles. The topological polar surface area (TPSA) is 64.6 Å². The Bertz CT molecular complexity index is 638. The average Bonchev–Trinajstić information content (AvgIpc) is 2.62. The molecule has 3 atom stereocenters. The third-order valence-corrected chi connectivity index (χ3v) is 6.51. The van der Waals surface area contributed by atoms with Gasteiger partial charge in [0.1, 0.15) is 0 Å². The Morgan fingerprint density at radius 1 is 1.04 bits per heavy atom. The van der Waals surface area contributed by atoms with Crippen LogP contribution in [0.2, 0.25) is 0 Å². The summed E-state index contributed by atoms with van der Waals surface area (Å²) in [6.07, 6.45) is 4.65. The molecular formula is C19H29NO4S. The number of benzene rings is 1. The van der Waals surface area contributed by atoms with Gasteiger partial charge in [0.05, 0.1) is 18.0 Å². The van der Waals surface area contributed by atoms with Crippen LogP contribution >= 0.6 is 0 Å². The van der Waals surface area contributed by atoms with Gasteiger partial charge in [-0.05, 0) is 44.6 Å². The summed E-state index contributed by atoms with van der Waals surface area (Å²) in [5.74, 6) is 0.231. The molecule has 2 heterocycles. The van der Waals surface area contributed by atoms with Crippen molar-refractivity contribution in [1.29, 1.82) is 0 Å². The van der Waals surface area contributed by atoms with Crippen LogP contribution in [0.25, 0.3) is 0 Å². The summed E-state index contributed by atoms with van der Waals surface area (Å²) in [6.45, 7) is 3.89. The fourth-order valence-corrected chi connectivity index (χ4v) is 4.99. The van der Waals surface area contributed by atoms with Crippen LogP contribution in [0.5, 0.6) is 0 Å². The third kappa shape index (κ3) is 5.51. The van der Waals surface area contributed by atoms with Gasteiger partial charge in [-0.25, -0.2) is 13.1 Å². The summed E-state index contributed by atoms with van der Waals surface area (Å²) in [5.41, 5.74) is 2.34. The molecule has 1 aromatic rings. The monoisotopic (exact) mass is 367 g/mol. The van der Waals surface area contributed by atoms with Crippen molar-refractivity contribution >= 4 is 10.0 Å². The summed E-state index contributed by atoms with van der Waals surface area (Å²) in [5, 5.41) is 0. The highest BCUT2D eigenvalue weighted by Crippen LogP contribution is 2.33. The normalized spacial score (nSPS) is 28.0. The molecule has 0 amide bonds. The molecule has 0 aliphatic carbocycles. The maximum atomic E-state index is 12.4. The van der Waals surface area contributed by atoms with Crippen molar-refractivity contribution in [3.8, 4) is 0 Å². The zero-order chi connectivity index (χ0) is 17.7. The van der Waals surface area contributed by atoms with E-state index in [0.29, 0.717) is 13.2 Å². The Hall–Kier alpha value is -0.950. The van der Waals surface area contributed by atoms with E-state index < -0.39 is 10.0 Å². The lowest BCUT2D eigenvalue weighted by atomic mass is 9.89. The summed E-state index contributed by atoms with van der Waals surface area (Å²) in [7, 11) is -3.32. The van der Waals surface area contributed by atoms with E-state index in [1.165, 1.54) is 5.56 Å². The lowest BCUT2D eigenvalue weighted by Gasteiger charge is -2.32. The van der Waals surface area contributed by atoms with Gasteiger partial charge in [-0.15, -0.1) is 0 Å². The van der Waals surface area contributed by atoms with Crippen molar-refractivity contribution in [2.75, 3.05) is 25.5 Å². The Labute approximate surface area is 151 Å². The quantitative estimate of drug-likeness (QED) is 0.840. The van der Waals surface area contributed by atoms with Crippen molar-refractivity contribution in [2.45, 2.75) is 51.2 Å². The second-order valence-corrected chi connectivity index (χ2v) is 9.07. The first kappa shape index (κ1) is 18.8. The molecule has 25 heavy (non-hydrogen) atoms. The molecule has 0 radical (unpaired) electrons. The molecule has 0 bridgehead atoms. The molecular weight excluding hydrogens is 338 g/mol. The molecule has 2 fully saturated rings. The number of sulfonamides is 1. The molecule has 5 nitrogen and oxygen atoms in total. The van der Waals surface area contributed by atoms with Crippen molar-refractivity contribution < 1.29 is 17.9 Å². The van der Waals surface area contributed by atoms with Crippen LogP contribution in [-0.2, 0) is 19.5 Å². The predicted molar refractivity (Wildman–Crippen MR) is 98.0 cm³/mol. The lowest BCUT2D eigenvalue weighted by molar-refractivity contribution is -0.0262. The molecule has 2 aliphatic heterocycles. The highest BCUT2D eigenvalue weighted by Gasteiger charge is 2.29. The molecule has 0 saturated carbocycles. The molecule has 0 aromatic heterocycles. The smallest absolute Gasteiger partial charge is 0.214 e. The van der Waals surface area contributed by atoms with Crippen molar-refractivity contribution in [2.24, 2.45) is 5.92 Å². The van der Waals surface area contributed by atoms with E-state index in [1.54, 1.807) is 0 Å². The van der Waals surface area contributed by atoms with Crippen LogP contribution in [-0.4, -0.2) is 40.0 Å². The molecule has 1 N–H and O–H groups in total. The number of rotatable bonds is 6. The van der Waals surface area contributed by atoms with Gasteiger partial charge in [0.25, 0.3) is 0 Å². The Morgan fingerprint density at radius 2 is 1.80 bits per heavy atom. The zero-order valence-electron chi connectivity index (χ0n) is 14.9. The average molecular weight is 368 g/mol. The summed E-state index contributed by atoms with van der Waals surface area (Å²) < 4.78 is 39.1. The molecule has 3 rings (SSSR count). The van der Waals surface area contributed by atoms with E-state index in [-0.39, 0.29) is 23.9 Å². The first-order valence-electron chi connectivity index (χ1n) is 9.30. The van der Waals surface area contributed by atoms with Crippen LogP contribution in [0.1, 0.15) is 49.3 Å².